The number of esters is 2. The second-order valence-electron chi connectivity index (χ2n) is 4.79. The van der Waals surface area contributed by atoms with Gasteiger partial charge in [0.25, 0.3) is 0 Å². The molecule has 0 saturated heterocycles. The molecule has 0 aromatic carbocycles. The van der Waals surface area contributed by atoms with Gasteiger partial charge >= 0.3 is 11.9 Å². The minimum absolute atomic E-state index is 0.0577. The van der Waals surface area contributed by atoms with Crippen LogP contribution in [0, 0.1) is 0 Å². The van der Waals surface area contributed by atoms with Gasteiger partial charge in [0.05, 0.1) is 12.7 Å². The van der Waals surface area contributed by atoms with Crippen LogP contribution in [-0.4, -0.2) is 48.1 Å². The first kappa shape index (κ1) is 22.6. The van der Waals surface area contributed by atoms with E-state index in [0.29, 0.717) is 37.0 Å². The summed E-state index contributed by atoms with van der Waals surface area (Å²) >= 11 is 0. The molecule has 0 aliphatic rings. The van der Waals surface area contributed by atoms with Crippen LogP contribution < -0.4 is 0 Å². The van der Waals surface area contributed by atoms with E-state index < -0.39 is 12.1 Å². The molecule has 0 aliphatic heterocycles. The standard InChI is InChI=1S/2C8H14O3/c1-7(2)8(10)11-6-4-3-5-9;1-4-7(9)5-11-8(10)6(2)3/h9H,1,3-6H2,2H3;7,9H,2,4-5H2,1,3H3. The highest BCUT2D eigenvalue weighted by Gasteiger charge is 2.06. The van der Waals surface area contributed by atoms with Gasteiger partial charge in [0, 0.05) is 17.8 Å². The zero-order chi connectivity index (χ0) is 17.5. The number of aliphatic hydroxyl groups excluding tert-OH is 2. The maximum absolute atomic E-state index is 10.7. The molecule has 128 valence electrons. The Morgan fingerprint density at radius 1 is 1.05 bits per heavy atom. The van der Waals surface area contributed by atoms with Crippen LogP contribution in [0.2, 0.25) is 0 Å². The van der Waals surface area contributed by atoms with Crippen molar-refractivity contribution in [3.8, 4) is 0 Å². The smallest absolute Gasteiger partial charge is 0.333 e. The van der Waals surface area contributed by atoms with Crippen LogP contribution in [0.4, 0.5) is 0 Å². The minimum Gasteiger partial charge on any atom is -0.462 e. The van der Waals surface area contributed by atoms with E-state index >= 15 is 0 Å². The van der Waals surface area contributed by atoms with Gasteiger partial charge in [0.15, 0.2) is 0 Å². The highest BCUT2D eigenvalue weighted by molar-refractivity contribution is 5.87. The zero-order valence-electron chi connectivity index (χ0n) is 13.8. The molecule has 1 atom stereocenters. The highest BCUT2D eigenvalue weighted by atomic mass is 16.5. The van der Waals surface area contributed by atoms with Crippen molar-refractivity contribution in [2.45, 2.75) is 46.1 Å². The van der Waals surface area contributed by atoms with Crippen molar-refractivity contribution < 1.29 is 29.3 Å². The van der Waals surface area contributed by atoms with Gasteiger partial charge in [0.2, 0.25) is 0 Å². The zero-order valence-corrected chi connectivity index (χ0v) is 13.8. The number of aliphatic hydroxyl groups is 2. The van der Waals surface area contributed by atoms with Gasteiger partial charge in [-0.2, -0.15) is 0 Å². The maximum Gasteiger partial charge on any atom is 0.333 e. The van der Waals surface area contributed by atoms with Gasteiger partial charge < -0.3 is 19.7 Å². The van der Waals surface area contributed by atoms with Crippen molar-refractivity contribution in [2.75, 3.05) is 19.8 Å². The molecule has 0 spiro atoms. The van der Waals surface area contributed by atoms with Crippen molar-refractivity contribution >= 4 is 11.9 Å². The van der Waals surface area contributed by atoms with Gasteiger partial charge in [0.1, 0.15) is 6.61 Å². The molecule has 0 amide bonds. The van der Waals surface area contributed by atoms with Crippen LogP contribution in [0.25, 0.3) is 0 Å². The summed E-state index contributed by atoms with van der Waals surface area (Å²) in [4.78, 5) is 21.5. The SMILES string of the molecule is C=C(C)C(=O)OCC(O)CC.C=C(C)C(=O)OCCCCO. The van der Waals surface area contributed by atoms with Gasteiger partial charge in [-0.1, -0.05) is 20.1 Å². The average molecular weight is 316 g/mol. The summed E-state index contributed by atoms with van der Waals surface area (Å²) in [5.41, 5.74) is 0.766. The summed E-state index contributed by atoms with van der Waals surface area (Å²) in [6, 6.07) is 0. The fourth-order valence-corrected chi connectivity index (χ4v) is 0.915. The van der Waals surface area contributed by atoms with Crippen LogP contribution in [-0.2, 0) is 19.1 Å². The van der Waals surface area contributed by atoms with Gasteiger partial charge in [-0.15, -0.1) is 0 Å². The first-order valence-electron chi connectivity index (χ1n) is 7.20. The number of unbranched alkanes of at least 4 members (excludes halogenated alkanes) is 1. The van der Waals surface area contributed by atoms with E-state index in [1.165, 1.54) is 0 Å². The van der Waals surface area contributed by atoms with Crippen molar-refractivity contribution in [3.05, 3.63) is 24.3 Å². The van der Waals surface area contributed by atoms with Gasteiger partial charge in [-0.25, -0.2) is 9.59 Å². The molecular formula is C16H28O6. The summed E-state index contributed by atoms with van der Waals surface area (Å²) in [5.74, 6) is -0.805. The third kappa shape index (κ3) is 14.7. The fraction of sp³-hybridized carbons (Fsp3) is 0.625. The molecule has 0 saturated carbocycles. The van der Waals surface area contributed by atoms with E-state index in [1.54, 1.807) is 13.8 Å². The lowest BCUT2D eigenvalue weighted by atomic mass is 10.3. The maximum atomic E-state index is 10.7. The minimum atomic E-state index is -0.557. The van der Waals surface area contributed by atoms with Crippen molar-refractivity contribution in [3.63, 3.8) is 0 Å². The molecule has 0 aromatic heterocycles. The summed E-state index contributed by atoms with van der Waals surface area (Å²) < 4.78 is 9.42. The Bertz CT molecular complexity index is 362. The molecule has 0 radical (unpaired) electrons. The van der Waals surface area contributed by atoms with E-state index in [-0.39, 0.29) is 19.2 Å². The molecule has 0 bridgehead atoms. The molecule has 6 nitrogen and oxygen atoms in total. The van der Waals surface area contributed by atoms with E-state index in [9.17, 15) is 9.59 Å². The predicted octanol–water partition coefficient (Wildman–Crippen LogP) is 1.75. The molecule has 1 unspecified atom stereocenters. The molecule has 0 aromatic rings. The average Bonchev–Trinajstić information content (AvgIpc) is 2.48. The summed E-state index contributed by atoms with van der Waals surface area (Å²) in [7, 11) is 0. The van der Waals surface area contributed by atoms with E-state index in [2.05, 4.69) is 17.9 Å². The second-order valence-corrected chi connectivity index (χ2v) is 4.79. The monoisotopic (exact) mass is 316 g/mol. The highest BCUT2D eigenvalue weighted by Crippen LogP contribution is 1.96. The number of carbonyl (C=O) groups is 2. The van der Waals surface area contributed by atoms with Crippen LogP contribution in [0.1, 0.15) is 40.0 Å². The molecule has 0 fully saturated rings. The Labute approximate surface area is 132 Å². The van der Waals surface area contributed by atoms with Gasteiger partial charge in [-0.3, -0.25) is 0 Å². The molecule has 6 heteroatoms. The third-order valence-electron chi connectivity index (χ3n) is 2.36. The van der Waals surface area contributed by atoms with Crippen LogP contribution in [0.3, 0.4) is 0 Å². The number of hydrogen-bond acceptors (Lipinski definition) is 6. The van der Waals surface area contributed by atoms with E-state index in [1.807, 2.05) is 6.92 Å². The Balaban J connectivity index is 0. The fourth-order valence-electron chi connectivity index (χ4n) is 0.915. The molecule has 2 N–H and O–H groups in total. The lowest BCUT2D eigenvalue weighted by Crippen LogP contribution is -2.17. The summed E-state index contributed by atoms with van der Waals surface area (Å²) in [6.45, 7) is 12.4. The van der Waals surface area contributed by atoms with E-state index in [4.69, 9.17) is 14.9 Å². The number of rotatable bonds is 9. The van der Waals surface area contributed by atoms with Crippen LogP contribution >= 0.6 is 0 Å². The summed E-state index contributed by atoms with van der Waals surface area (Å²) in [6.07, 6.45) is 1.40. The van der Waals surface area contributed by atoms with E-state index in [0.717, 1.165) is 0 Å². The third-order valence-corrected chi connectivity index (χ3v) is 2.36. The Morgan fingerprint density at radius 3 is 1.95 bits per heavy atom. The van der Waals surface area contributed by atoms with Crippen molar-refractivity contribution in [1.29, 1.82) is 0 Å². The Hall–Kier alpha value is -1.66. The van der Waals surface area contributed by atoms with Crippen LogP contribution in [0.15, 0.2) is 24.3 Å². The number of ether oxygens (including phenoxy) is 2. The van der Waals surface area contributed by atoms with Gasteiger partial charge in [-0.05, 0) is 33.1 Å². The quantitative estimate of drug-likeness (QED) is 0.382. The predicted molar refractivity (Wildman–Crippen MR) is 84.2 cm³/mol. The van der Waals surface area contributed by atoms with Crippen molar-refractivity contribution in [1.82, 2.24) is 0 Å². The molecule has 0 aliphatic carbocycles. The summed E-state index contributed by atoms with van der Waals surface area (Å²) in [5, 5.41) is 17.4. The molecular weight excluding hydrogens is 288 g/mol. The molecule has 22 heavy (non-hydrogen) atoms. The number of carbonyl (C=O) groups excluding carboxylic acids is 2. The molecule has 0 rings (SSSR count). The van der Waals surface area contributed by atoms with Crippen LogP contribution in [0.5, 0.6) is 0 Å². The normalized spacial score (nSPS) is 10.8. The molecule has 0 heterocycles. The largest absolute Gasteiger partial charge is 0.462 e. The first-order chi connectivity index (χ1) is 10.3. The lowest BCUT2D eigenvalue weighted by molar-refractivity contribution is -0.142. The Kier molecular flexibility index (Phi) is 14.7. The van der Waals surface area contributed by atoms with Crippen molar-refractivity contribution in [2.24, 2.45) is 0 Å². The topological polar surface area (TPSA) is 93.1 Å². The second kappa shape index (κ2) is 14.3. The lowest BCUT2D eigenvalue weighted by Gasteiger charge is -2.07. The first-order valence-corrected chi connectivity index (χ1v) is 7.20. The Morgan fingerprint density at radius 2 is 1.55 bits per heavy atom. The number of hydrogen-bond donors (Lipinski definition) is 2.